The summed E-state index contributed by atoms with van der Waals surface area (Å²) in [5, 5.41) is 1.12. The zero-order valence-electron chi connectivity index (χ0n) is 38.4. The Hall–Kier alpha value is -3.76. The standard InChI is InChI=1S/C54H66Br2O8/c1-5-9-13-17-33-37-21-38-34(18-14-10-6-2)43-24-44-36(20-16-12-8-4)40-22-39-35(19-15-11-7-3)42-23-41(33)51-45(27-55)52(42)62-31-59-49(39)26-50(40)60-32-64-54(44)46(28-56)53(43)63-30-58-48(38)25-47(37)57-29-61-51/h21-26,33-36H,5-20,27-32H2,1-4H3. The van der Waals surface area contributed by atoms with Crippen LogP contribution in [0.3, 0.4) is 0 Å². The third-order valence-electron chi connectivity index (χ3n) is 14.4. The minimum absolute atomic E-state index is 0.00243. The van der Waals surface area contributed by atoms with E-state index in [1.165, 1.54) is 44.5 Å². The van der Waals surface area contributed by atoms with Crippen molar-refractivity contribution in [1.82, 2.24) is 0 Å². The van der Waals surface area contributed by atoms with Gasteiger partial charge in [0, 0.05) is 102 Å². The highest BCUT2D eigenvalue weighted by Crippen LogP contribution is 2.57. The number of alkyl halides is 2. The van der Waals surface area contributed by atoms with Crippen molar-refractivity contribution in [3.05, 3.63) is 92.0 Å². The lowest BCUT2D eigenvalue weighted by atomic mass is 9.75. The quantitative estimate of drug-likeness (QED) is 0.0721. The van der Waals surface area contributed by atoms with Crippen LogP contribution in [-0.4, -0.2) is 27.2 Å². The number of ether oxygens (including phenoxy) is 8. The number of hydrogen-bond donors (Lipinski definition) is 0. The minimum Gasteiger partial charge on any atom is -0.457 e. The van der Waals surface area contributed by atoms with E-state index in [2.05, 4.69) is 96.0 Å². The van der Waals surface area contributed by atoms with Crippen molar-refractivity contribution >= 4 is 31.9 Å². The van der Waals surface area contributed by atoms with E-state index in [-0.39, 0.29) is 50.8 Å². The highest BCUT2D eigenvalue weighted by molar-refractivity contribution is 9.08. The molecule has 10 heteroatoms. The average molecular weight is 1000 g/mol. The largest absolute Gasteiger partial charge is 0.457 e. The highest BCUT2D eigenvalue weighted by atomic mass is 79.9. The predicted molar refractivity (Wildman–Crippen MR) is 259 cm³/mol. The predicted octanol–water partition coefficient (Wildman–Crippen LogP) is 15.6. The Kier molecular flexibility index (Phi) is 14.8. The third-order valence-corrected chi connectivity index (χ3v) is 15.5. The molecule has 4 aromatic carbocycles. The molecule has 5 aliphatic rings. The van der Waals surface area contributed by atoms with Gasteiger partial charge in [-0.3, -0.25) is 0 Å². The van der Waals surface area contributed by atoms with Gasteiger partial charge in [-0.15, -0.1) is 0 Å². The maximum Gasteiger partial charge on any atom is 0.230 e. The van der Waals surface area contributed by atoms with E-state index in [0.29, 0.717) is 10.7 Å². The Bertz CT molecular complexity index is 1990. The van der Waals surface area contributed by atoms with Crippen molar-refractivity contribution in [1.29, 1.82) is 0 Å². The van der Waals surface area contributed by atoms with Gasteiger partial charge in [-0.25, -0.2) is 0 Å². The molecule has 4 unspecified atom stereocenters. The fourth-order valence-electron chi connectivity index (χ4n) is 11.2. The van der Waals surface area contributed by atoms with Crippen LogP contribution in [0.5, 0.6) is 46.0 Å². The van der Waals surface area contributed by atoms with Crippen molar-refractivity contribution in [2.45, 2.75) is 165 Å². The molecule has 0 amide bonds. The molecule has 4 atom stereocenters. The molecule has 8 bridgehead atoms. The second-order valence-corrected chi connectivity index (χ2v) is 19.4. The van der Waals surface area contributed by atoms with Gasteiger partial charge >= 0.3 is 0 Å². The Labute approximate surface area is 397 Å². The zero-order valence-corrected chi connectivity index (χ0v) is 41.5. The normalized spacial score (nSPS) is 19.7. The van der Waals surface area contributed by atoms with E-state index < -0.39 is 0 Å². The van der Waals surface area contributed by atoms with E-state index >= 15 is 0 Å². The summed E-state index contributed by atoms with van der Waals surface area (Å²) in [5.41, 5.74) is 11.6. The summed E-state index contributed by atoms with van der Waals surface area (Å²) in [4.78, 5) is 0. The van der Waals surface area contributed by atoms with Gasteiger partial charge in [-0.1, -0.05) is 137 Å². The highest BCUT2D eigenvalue weighted by Gasteiger charge is 2.39. The molecule has 4 aliphatic heterocycles. The van der Waals surface area contributed by atoms with Gasteiger partial charge in [0.05, 0.1) is 0 Å². The van der Waals surface area contributed by atoms with Crippen LogP contribution >= 0.6 is 31.9 Å². The SMILES string of the molecule is CCCCCC1c2cc3c4cc2OCOc2c1cc1c(c2CBr)OCOc2cc5c(cc2C1CCCCC)C(CCCCC)c1cc(c(c(CBr)c1OCO5)OCO4)C3CCCCC. The first kappa shape index (κ1) is 45.4. The Morgan fingerprint density at radius 2 is 0.594 bits per heavy atom. The maximum absolute atomic E-state index is 6.80. The van der Waals surface area contributed by atoms with Crippen LogP contribution in [-0.2, 0) is 10.7 Å². The van der Waals surface area contributed by atoms with Crippen molar-refractivity contribution in [3.63, 3.8) is 0 Å². The molecule has 8 nitrogen and oxygen atoms in total. The summed E-state index contributed by atoms with van der Waals surface area (Å²) in [6.07, 6.45) is 17.2. The van der Waals surface area contributed by atoms with Crippen LogP contribution in [0.25, 0.3) is 0 Å². The smallest absolute Gasteiger partial charge is 0.230 e. The number of unbranched alkanes of at least 4 members (excludes halogenated alkanes) is 8. The van der Waals surface area contributed by atoms with Gasteiger partial charge in [0.15, 0.2) is 0 Å². The van der Waals surface area contributed by atoms with Crippen LogP contribution in [0, 0.1) is 0 Å². The molecule has 0 saturated heterocycles. The second-order valence-electron chi connectivity index (χ2n) is 18.3. The summed E-state index contributed by atoms with van der Waals surface area (Å²) in [7, 11) is 0. The molecule has 0 N–H and O–H groups in total. The Morgan fingerprint density at radius 1 is 0.344 bits per heavy atom. The number of halogens is 2. The van der Waals surface area contributed by atoms with Gasteiger partial charge in [0.25, 0.3) is 0 Å². The summed E-state index contributed by atoms with van der Waals surface area (Å²) >= 11 is 7.92. The van der Waals surface area contributed by atoms with E-state index in [1.807, 2.05) is 0 Å². The lowest BCUT2D eigenvalue weighted by Crippen LogP contribution is -2.24. The summed E-state index contributed by atoms with van der Waals surface area (Å²) in [6, 6.07) is 14.1. The van der Waals surface area contributed by atoms with E-state index in [4.69, 9.17) is 37.9 Å². The first-order valence-electron chi connectivity index (χ1n) is 24.4. The molecule has 1 aliphatic carbocycles. The molecule has 0 saturated carbocycles. The fourth-order valence-corrected chi connectivity index (χ4v) is 12.2. The number of rotatable bonds is 18. The molecule has 0 spiro atoms. The molecule has 0 aromatic heterocycles. The van der Waals surface area contributed by atoms with Crippen LogP contribution < -0.4 is 37.9 Å². The molecule has 0 radical (unpaired) electrons. The summed E-state index contributed by atoms with van der Waals surface area (Å²) in [5.74, 6) is 6.61. The second kappa shape index (κ2) is 20.8. The first-order valence-corrected chi connectivity index (χ1v) is 26.7. The van der Waals surface area contributed by atoms with Crippen LogP contribution in [0.4, 0.5) is 0 Å². The lowest BCUT2D eigenvalue weighted by molar-refractivity contribution is 0.0969. The van der Waals surface area contributed by atoms with Gasteiger partial charge in [-0.05, 0) is 49.9 Å². The molecule has 344 valence electrons. The van der Waals surface area contributed by atoms with E-state index in [1.54, 1.807) is 0 Å². The van der Waals surface area contributed by atoms with Crippen molar-refractivity contribution in [3.8, 4) is 46.0 Å². The third kappa shape index (κ3) is 8.68. The molecule has 64 heavy (non-hydrogen) atoms. The number of hydrogen-bond acceptors (Lipinski definition) is 8. The Morgan fingerprint density at radius 3 is 0.828 bits per heavy atom. The van der Waals surface area contributed by atoms with Gasteiger partial charge in [0.1, 0.15) is 46.0 Å². The molecule has 4 heterocycles. The lowest BCUT2D eigenvalue weighted by Gasteiger charge is -2.36. The average Bonchev–Trinajstić information content (AvgIpc) is 3.28. The van der Waals surface area contributed by atoms with Gasteiger partial charge in [-0.2, -0.15) is 0 Å². The molecule has 0 fully saturated rings. The fraction of sp³-hybridized carbons (Fsp3) is 0.556. The van der Waals surface area contributed by atoms with Crippen LogP contribution in [0.15, 0.2) is 36.4 Å². The van der Waals surface area contributed by atoms with E-state index in [9.17, 15) is 0 Å². The number of benzene rings is 4. The molecular formula is C54H66Br2O8. The van der Waals surface area contributed by atoms with Crippen molar-refractivity contribution < 1.29 is 37.9 Å². The van der Waals surface area contributed by atoms with Crippen molar-refractivity contribution in [2.75, 3.05) is 27.2 Å². The van der Waals surface area contributed by atoms with Crippen molar-refractivity contribution in [2.24, 2.45) is 0 Å². The minimum atomic E-state index is -0.00243. The van der Waals surface area contributed by atoms with Gasteiger partial charge in [0.2, 0.25) is 27.2 Å². The van der Waals surface area contributed by atoms with Gasteiger partial charge < -0.3 is 37.9 Å². The monoisotopic (exact) mass is 1000 g/mol. The summed E-state index contributed by atoms with van der Waals surface area (Å²) in [6.45, 7) is 9.37. The maximum atomic E-state index is 6.80. The topological polar surface area (TPSA) is 73.8 Å². The first-order chi connectivity index (χ1) is 31.5. The molecule has 9 rings (SSSR count). The van der Waals surface area contributed by atoms with Crippen LogP contribution in [0.2, 0.25) is 0 Å². The van der Waals surface area contributed by atoms with E-state index in [0.717, 1.165) is 160 Å². The molecule has 4 aromatic rings. The Balaban J connectivity index is 1.42. The van der Waals surface area contributed by atoms with Crippen LogP contribution in [0.1, 0.15) is 210 Å². The zero-order chi connectivity index (χ0) is 44.2. The molecular weight excluding hydrogens is 936 g/mol. The summed E-state index contributed by atoms with van der Waals surface area (Å²) < 4.78 is 54.0.